The Hall–Kier alpha value is -3.23. The van der Waals surface area contributed by atoms with Crippen LogP contribution in [-0.4, -0.2) is 18.2 Å². The van der Waals surface area contributed by atoms with Gasteiger partial charge in [0.25, 0.3) is 0 Å². The molecule has 3 N–H and O–H groups in total. The number of nitrogen functional groups attached to an aromatic ring is 1. The van der Waals surface area contributed by atoms with Gasteiger partial charge in [-0.15, -0.1) is 12.6 Å². The number of amides is 1. The molecular weight excluding hydrogens is 314 g/mol. The molecule has 0 bridgehead atoms. The van der Waals surface area contributed by atoms with Crippen LogP contribution < -0.4 is 11.1 Å². The van der Waals surface area contributed by atoms with Crippen LogP contribution in [0, 0.1) is 22.7 Å². The Balaban J connectivity index is 2.57. The number of carbonyl (C=O) groups excluding carboxylic acids is 1. The second-order valence-corrected chi connectivity index (χ2v) is 4.79. The van der Waals surface area contributed by atoms with Crippen LogP contribution in [0.1, 0.15) is 11.1 Å². The molecular formula is C15H11N5O2S. The van der Waals surface area contributed by atoms with Gasteiger partial charge in [-0.2, -0.15) is 10.5 Å². The number of thiol groups is 1. The van der Waals surface area contributed by atoms with E-state index in [1.807, 2.05) is 12.1 Å². The Labute approximate surface area is 137 Å². The van der Waals surface area contributed by atoms with Crippen LogP contribution in [0.15, 0.2) is 29.3 Å². The molecule has 0 fully saturated rings. The molecule has 0 aliphatic carbocycles. The Morgan fingerprint density at radius 2 is 1.87 bits per heavy atom. The number of pyridine rings is 1. The van der Waals surface area contributed by atoms with Crippen molar-refractivity contribution in [2.75, 3.05) is 18.2 Å². The molecule has 1 amide bonds. The van der Waals surface area contributed by atoms with Gasteiger partial charge in [0.2, 0.25) is 0 Å². The van der Waals surface area contributed by atoms with Crippen LogP contribution in [-0.2, 0) is 4.74 Å². The summed E-state index contributed by atoms with van der Waals surface area (Å²) in [4.78, 5) is 15.1. The predicted octanol–water partition coefficient (Wildman–Crippen LogP) is 2.54. The summed E-state index contributed by atoms with van der Waals surface area (Å²) in [7, 11) is 1.26. The van der Waals surface area contributed by atoms with Gasteiger partial charge in [-0.05, 0) is 17.7 Å². The van der Waals surface area contributed by atoms with Crippen molar-refractivity contribution in [3.8, 4) is 23.3 Å². The quantitative estimate of drug-likeness (QED) is 0.729. The summed E-state index contributed by atoms with van der Waals surface area (Å²) >= 11 is 4.14. The Kier molecular flexibility index (Phi) is 4.69. The van der Waals surface area contributed by atoms with Gasteiger partial charge in [-0.25, -0.2) is 9.78 Å². The van der Waals surface area contributed by atoms with Crippen molar-refractivity contribution >= 4 is 30.2 Å². The molecule has 1 aromatic heterocycles. The largest absolute Gasteiger partial charge is 0.453 e. The molecule has 0 atom stereocenters. The minimum absolute atomic E-state index is 0.00302. The van der Waals surface area contributed by atoms with Gasteiger partial charge < -0.3 is 10.5 Å². The van der Waals surface area contributed by atoms with E-state index in [-0.39, 0.29) is 22.0 Å². The highest BCUT2D eigenvalue weighted by molar-refractivity contribution is 7.80. The molecule has 1 heterocycles. The topological polar surface area (TPSA) is 125 Å². The standard InChI is InChI=1S/C15H11N5O2S/c1-22-15(21)19-9-4-2-8(3-5-9)12-10(6-16)13(18)20-14(23)11(12)7-17/h2-5H,1H3,(H,19,21)(H3,18,20,23). The lowest BCUT2D eigenvalue weighted by atomic mass is 9.96. The first-order valence-corrected chi connectivity index (χ1v) is 6.74. The number of rotatable bonds is 2. The second-order valence-electron chi connectivity index (χ2n) is 4.36. The zero-order chi connectivity index (χ0) is 17.0. The number of benzene rings is 1. The van der Waals surface area contributed by atoms with Gasteiger partial charge in [-0.1, -0.05) is 12.1 Å². The van der Waals surface area contributed by atoms with Crippen molar-refractivity contribution in [2.45, 2.75) is 5.03 Å². The molecule has 7 nitrogen and oxygen atoms in total. The van der Waals surface area contributed by atoms with Crippen molar-refractivity contribution < 1.29 is 9.53 Å². The van der Waals surface area contributed by atoms with E-state index in [2.05, 4.69) is 27.7 Å². The summed E-state index contributed by atoms with van der Waals surface area (Å²) in [5, 5.41) is 21.3. The number of nitrogens with zero attached hydrogens (tertiary/aromatic N) is 3. The molecule has 2 aromatic rings. The molecule has 0 aliphatic rings. The number of nitrogens with two attached hydrogens (primary N) is 1. The predicted molar refractivity (Wildman–Crippen MR) is 86.8 cm³/mol. The summed E-state index contributed by atoms with van der Waals surface area (Å²) < 4.78 is 4.50. The maximum absolute atomic E-state index is 11.2. The summed E-state index contributed by atoms with van der Waals surface area (Å²) in [6.45, 7) is 0. The zero-order valence-electron chi connectivity index (χ0n) is 12.0. The molecule has 114 valence electrons. The summed E-state index contributed by atoms with van der Waals surface area (Å²) in [5.74, 6) is 0.00302. The molecule has 2 rings (SSSR count). The molecule has 0 saturated heterocycles. The maximum atomic E-state index is 11.2. The van der Waals surface area contributed by atoms with Crippen molar-refractivity contribution in [3.05, 3.63) is 35.4 Å². The number of nitriles is 2. The molecule has 0 radical (unpaired) electrons. The lowest BCUT2D eigenvalue weighted by Gasteiger charge is -2.11. The zero-order valence-corrected chi connectivity index (χ0v) is 12.9. The highest BCUT2D eigenvalue weighted by Crippen LogP contribution is 2.33. The van der Waals surface area contributed by atoms with Gasteiger partial charge in [0, 0.05) is 11.3 Å². The number of hydrogen-bond acceptors (Lipinski definition) is 7. The molecule has 0 unspecified atom stereocenters. The molecule has 0 aliphatic heterocycles. The van der Waals surface area contributed by atoms with E-state index in [0.717, 1.165) is 0 Å². The van der Waals surface area contributed by atoms with Crippen LogP contribution in [0.2, 0.25) is 0 Å². The number of nitrogens with one attached hydrogen (secondary N) is 1. The summed E-state index contributed by atoms with van der Waals surface area (Å²) in [6, 6.07) is 10.5. The molecule has 0 spiro atoms. The van der Waals surface area contributed by atoms with Crippen molar-refractivity contribution in [1.29, 1.82) is 10.5 Å². The Bertz CT molecular complexity index is 812. The van der Waals surface area contributed by atoms with E-state index in [9.17, 15) is 15.3 Å². The number of hydrogen-bond donors (Lipinski definition) is 3. The molecule has 1 aromatic carbocycles. The lowest BCUT2D eigenvalue weighted by molar-refractivity contribution is 0.187. The van der Waals surface area contributed by atoms with Crippen LogP contribution in [0.4, 0.5) is 16.3 Å². The minimum atomic E-state index is -0.598. The summed E-state index contributed by atoms with van der Waals surface area (Å²) in [5.41, 5.74) is 7.45. The summed E-state index contributed by atoms with van der Waals surface area (Å²) in [6.07, 6.45) is -0.598. The van der Waals surface area contributed by atoms with Gasteiger partial charge in [-0.3, -0.25) is 5.32 Å². The first-order chi connectivity index (χ1) is 11.0. The second kappa shape index (κ2) is 6.69. The average molecular weight is 325 g/mol. The van der Waals surface area contributed by atoms with Gasteiger partial charge >= 0.3 is 6.09 Å². The van der Waals surface area contributed by atoms with Crippen LogP contribution in [0.25, 0.3) is 11.1 Å². The minimum Gasteiger partial charge on any atom is -0.453 e. The third-order valence-corrected chi connectivity index (χ3v) is 3.36. The van der Waals surface area contributed by atoms with Crippen molar-refractivity contribution in [1.82, 2.24) is 4.98 Å². The first-order valence-electron chi connectivity index (χ1n) is 6.29. The molecule has 8 heteroatoms. The monoisotopic (exact) mass is 325 g/mol. The Morgan fingerprint density at radius 3 is 2.39 bits per heavy atom. The van der Waals surface area contributed by atoms with Crippen LogP contribution in [0.3, 0.4) is 0 Å². The van der Waals surface area contributed by atoms with Crippen molar-refractivity contribution in [2.24, 2.45) is 0 Å². The SMILES string of the molecule is COC(=O)Nc1ccc(-c2c(C#N)c(N)nc(S)c2C#N)cc1. The fourth-order valence-electron chi connectivity index (χ4n) is 1.99. The number of ether oxygens (including phenoxy) is 1. The van der Waals surface area contributed by atoms with Crippen LogP contribution in [0.5, 0.6) is 0 Å². The third-order valence-electron chi connectivity index (χ3n) is 3.04. The molecule has 23 heavy (non-hydrogen) atoms. The number of anilines is 2. The van der Waals surface area contributed by atoms with Crippen LogP contribution >= 0.6 is 12.6 Å². The maximum Gasteiger partial charge on any atom is 0.411 e. The lowest BCUT2D eigenvalue weighted by Crippen LogP contribution is -2.10. The van der Waals surface area contributed by atoms with Crippen molar-refractivity contribution in [3.63, 3.8) is 0 Å². The third kappa shape index (κ3) is 3.18. The van der Waals surface area contributed by atoms with E-state index >= 15 is 0 Å². The first kappa shape index (κ1) is 16.1. The smallest absolute Gasteiger partial charge is 0.411 e. The molecule has 0 saturated carbocycles. The van der Waals surface area contributed by atoms with E-state index in [4.69, 9.17) is 5.73 Å². The van der Waals surface area contributed by atoms with E-state index < -0.39 is 6.09 Å². The number of carbonyl (C=O) groups is 1. The number of aromatic nitrogens is 1. The van der Waals surface area contributed by atoms with Gasteiger partial charge in [0.05, 0.1) is 12.7 Å². The van der Waals surface area contributed by atoms with Gasteiger partial charge in [0.15, 0.2) is 0 Å². The van der Waals surface area contributed by atoms with E-state index in [1.54, 1.807) is 24.3 Å². The fraction of sp³-hybridized carbons (Fsp3) is 0.0667. The highest BCUT2D eigenvalue weighted by atomic mass is 32.1. The van der Waals surface area contributed by atoms with E-state index in [0.29, 0.717) is 16.8 Å². The number of methoxy groups -OCH3 is 1. The van der Waals surface area contributed by atoms with Gasteiger partial charge in [0.1, 0.15) is 28.5 Å². The Morgan fingerprint density at radius 1 is 1.26 bits per heavy atom. The highest BCUT2D eigenvalue weighted by Gasteiger charge is 2.18. The fourth-order valence-corrected chi connectivity index (χ4v) is 2.26. The van der Waals surface area contributed by atoms with E-state index in [1.165, 1.54) is 7.11 Å². The normalized spacial score (nSPS) is 9.57. The average Bonchev–Trinajstić information content (AvgIpc) is 2.55.